The van der Waals surface area contributed by atoms with E-state index in [4.69, 9.17) is 23.2 Å². The monoisotopic (exact) mass is 540 g/mol. The molecule has 0 amide bonds. The fourth-order valence-electron chi connectivity index (χ4n) is 5.20. The molecular formula is C29H22Cl2N6O. The summed E-state index contributed by atoms with van der Waals surface area (Å²) < 4.78 is 5.45. The predicted octanol–water partition coefficient (Wildman–Crippen LogP) is 5.68. The highest BCUT2D eigenvalue weighted by Crippen LogP contribution is 2.42. The van der Waals surface area contributed by atoms with Crippen LogP contribution in [0.3, 0.4) is 0 Å². The van der Waals surface area contributed by atoms with Gasteiger partial charge < -0.3 is 9.13 Å². The van der Waals surface area contributed by atoms with Gasteiger partial charge in [-0.15, -0.1) is 0 Å². The standard InChI is InChI=1S/C29H22Cl2N6O/c1-35-17-32-15-27(35)29(37-18-33-16-34-37,20-6-9-22(30)10-7-20)21-8-11-26-25(13-21)24(14-28(38)36(26)2)19-4-3-5-23(31)12-19/h3-18H,1-2H3. The van der Waals surface area contributed by atoms with Crippen LogP contribution < -0.4 is 5.56 Å². The van der Waals surface area contributed by atoms with E-state index in [1.165, 1.54) is 6.33 Å². The van der Waals surface area contributed by atoms with Gasteiger partial charge in [-0.3, -0.25) is 4.79 Å². The minimum atomic E-state index is -0.944. The Morgan fingerprint density at radius 1 is 0.816 bits per heavy atom. The Morgan fingerprint density at radius 2 is 1.61 bits per heavy atom. The van der Waals surface area contributed by atoms with Gasteiger partial charge >= 0.3 is 0 Å². The summed E-state index contributed by atoms with van der Waals surface area (Å²) in [6.07, 6.45) is 6.81. The first-order valence-corrected chi connectivity index (χ1v) is 12.6. The molecular weight excluding hydrogens is 519 g/mol. The second-order valence-electron chi connectivity index (χ2n) is 9.14. The first-order valence-electron chi connectivity index (χ1n) is 11.9. The van der Waals surface area contributed by atoms with Gasteiger partial charge in [-0.05, 0) is 58.7 Å². The fraction of sp³-hybridized carbons (Fsp3) is 0.103. The first-order chi connectivity index (χ1) is 18.4. The minimum Gasteiger partial charge on any atom is -0.335 e. The normalized spacial score (nSPS) is 13.1. The third-order valence-corrected chi connectivity index (χ3v) is 7.50. The number of pyridine rings is 1. The zero-order chi connectivity index (χ0) is 26.4. The van der Waals surface area contributed by atoms with Crippen molar-refractivity contribution in [1.82, 2.24) is 28.9 Å². The molecule has 3 heterocycles. The Kier molecular flexibility index (Phi) is 5.90. The van der Waals surface area contributed by atoms with Crippen molar-refractivity contribution >= 4 is 34.1 Å². The van der Waals surface area contributed by atoms with E-state index in [1.54, 1.807) is 30.3 Å². The Morgan fingerprint density at radius 3 is 2.29 bits per heavy atom. The van der Waals surface area contributed by atoms with Gasteiger partial charge in [0.1, 0.15) is 12.7 Å². The number of benzene rings is 3. The van der Waals surface area contributed by atoms with Crippen molar-refractivity contribution in [3.63, 3.8) is 0 Å². The molecule has 0 radical (unpaired) electrons. The third-order valence-electron chi connectivity index (χ3n) is 7.01. The van der Waals surface area contributed by atoms with Crippen molar-refractivity contribution in [2.24, 2.45) is 14.1 Å². The lowest BCUT2D eigenvalue weighted by Gasteiger charge is -2.35. The molecule has 0 N–H and O–H groups in total. The molecule has 1 atom stereocenters. The fourth-order valence-corrected chi connectivity index (χ4v) is 5.52. The van der Waals surface area contributed by atoms with Crippen LogP contribution in [0.25, 0.3) is 22.0 Å². The number of aromatic nitrogens is 6. The van der Waals surface area contributed by atoms with E-state index >= 15 is 0 Å². The highest BCUT2D eigenvalue weighted by Gasteiger charge is 2.42. The van der Waals surface area contributed by atoms with E-state index in [-0.39, 0.29) is 5.56 Å². The van der Waals surface area contributed by atoms with E-state index in [1.807, 2.05) is 83.2 Å². The van der Waals surface area contributed by atoms with Crippen molar-refractivity contribution in [2.75, 3.05) is 0 Å². The highest BCUT2D eigenvalue weighted by atomic mass is 35.5. The van der Waals surface area contributed by atoms with E-state index in [9.17, 15) is 4.79 Å². The highest BCUT2D eigenvalue weighted by molar-refractivity contribution is 6.31. The lowest BCUT2D eigenvalue weighted by molar-refractivity contribution is 0.435. The molecule has 0 saturated heterocycles. The van der Waals surface area contributed by atoms with Crippen molar-refractivity contribution < 1.29 is 0 Å². The Bertz CT molecular complexity index is 1840. The molecule has 3 aromatic heterocycles. The molecule has 9 heteroatoms. The number of imidazole rings is 1. The van der Waals surface area contributed by atoms with E-state index < -0.39 is 5.54 Å². The van der Waals surface area contributed by atoms with Crippen molar-refractivity contribution in [3.05, 3.63) is 135 Å². The molecule has 0 bridgehead atoms. The Balaban J connectivity index is 1.76. The molecule has 7 nitrogen and oxygen atoms in total. The SMILES string of the molecule is Cn1cncc1C(c1ccc(Cl)cc1)(c1ccc2c(c1)c(-c1cccc(Cl)c1)cc(=O)n2C)n1cncn1. The van der Waals surface area contributed by atoms with Crippen LogP contribution in [-0.2, 0) is 19.6 Å². The molecule has 0 aliphatic carbocycles. The molecule has 0 fully saturated rings. The number of rotatable bonds is 5. The van der Waals surface area contributed by atoms with Crippen molar-refractivity contribution in [3.8, 4) is 11.1 Å². The summed E-state index contributed by atoms with van der Waals surface area (Å²) in [5.74, 6) is 0. The Labute approximate surface area is 228 Å². The van der Waals surface area contributed by atoms with Crippen LogP contribution in [0, 0.1) is 0 Å². The maximum atomic E-state index is 12.9. The summed E-state index contributed by atoms with van der Waals surface area (Å²) in [5, 5.41) is 6.75. The maximum Gasteiger partial charge on any atom is 0.251 e. The average Bonchev–Trinajstić information content (AvgIpc) is 3.61. The number of aryl methyl sites for hydroxylation is 2. The molecule has 3 aromatic carbocycles. The summed E-state index contributed by atoms with van der Waals surface area (Å²) in [5.41, 5.74) is 4.10. The summed E-state index contributed by atoms with van der Waals surface area (Å²) in [6, 6.07) is 23.0. The van der Waals surface area contributed by atoms with Gasteiger partial charge in [0.2, 0.25) is 0 Å². The van der Waals surface area contributed by atoms with Crippen LogP contribution in [0.15, 0.2) is 103 Å². The first kappa shape index (κ1) is 24.2. The number of hydrogen-bond donors (Lipinski definition) is 0. The molecule has 0 aliphatic heterocycles. The van der Waals surface area contributed by atoms with Gasteiger partial charge in [0.05, 0.1) is 23.7 Å². The number of hydrogen-bond acceptors (Lipinski definition) is 4. The maximum absolute atomic E-state index is 12.9. The number of halogens is 2. The van der Waals surface area contributed by atoms with Gasteiger partial charge in [0, 0.05) is 35.6 Å². The molecule has 188 valence electrons. The molecule has 6 rings (SSSR count). The largest absolute Gasteiger partial charge is 0.335 e. The van der Waals surface area contributed by atoms with Gasteiger partial charge in [0.15, 0.2) is 5.54 Å². The molecule has 1 unspecified atom stereocenters. The minimum absolute atomic E-state index is 0.105. The van der Waals surface area contributed by atoms with Crippen LogP contribution >= 0.6 is 23.2 Å². The van der Waals surface area contributed by atoms with Gasteiger partial charge in [0.25, 0.3) is 5.56 Å². The lowest BCUT2D eigenvalue weighted by Crippen LogP contribution is -2.40. The van der Waals surface area contributed by atoms with Crippen molar-refractivity contribution in [1.29, 1.82) is 0 Å². The molecule has 38 heavy (non-hydrogen) atoms. The summed E-state index contributed by atoms with van der Waals surface area (Å²) in [7, 11) is 3.73. The zero-order valence-corrected chi connectivity index (χ0v) is 22.1. The predicted molar refractivity (Wildman–Crippen MR) is 150 cm³/mol. The summed E-state index contributed by atoms with van der Waals surface area (Å²) >= 11 is 12.6. The van der Waals surface area contributed by atoms with Crippen LogP contribution in [0.4, 0.5) is 0 Å². The third kappa shape index (κ3) is 3.74. The van der Waals surface area contributed by atoms with E-state index in [2.05, 4.69) is 21.1 Å². The number of fused-ring (bicyclic) bond motifs is 1. The lowest BCUT2D eigenvalue weighted by atomic mass is 9.79. The summed E-state index contributed by atoms with van der Waals surface area (Å²) in [4.78, 5) is 21.7. The second-order valence-corrected chi connectivity index (χ2v) is 10.0. The van der Waals surface area contributed by atoms with Gasteiger partial charge in [-0.2, -0.15) is 5.10 Å². The van der Waals surface area contributed by atoms with Crippen LogP contribution in [-0.4, -0.2) is 28.9 Å². The van der Waals surface area contributed by atoms with Gasteiger partial charge in [-0.25, -0.2) is 14.6 Å². The van der Waals surface area contributed by atoms with Crippen LogP contribution in [0.2, 0.25) is 10.0 Å². The van der Waals surface area contributed by atoms with Crippen LogP contribution in [0.1, 0.15) is 16.8 Å². The number of nitrogens with zero attached hydrogens (tertiary/aromatic N) is 6. The topological polar surface area (TPSA) is 70.5 Å². The van der Waals surface area contributed by atoms with Crippen LogP contribution in [0.5, 0.6) is 0 Å². The summed E-state index contributed by atoms with van der Waals surface area (Å²) in [6.45, 7) is 0. The van der Waals surface area contributed by atoms with Gasteiger partial charge in [-0.1, -0.05) is 53.5 Å². The molecule has 0 spiro atoms. The van der Waals surface area contributed by atoms with E-state index in [0.29, 0.717) is 10.0 Å². The quantitative estimate of drug-likeness (QED) is 0.282. The Hall–Kier alpha value is -4.20. The second kappa shape index (κ2) is 9.28. The molecule has 6 aromatic rings. The average molecular weight is 541 g/mol. The zero-order valence-electron chi connectivity index (χ0n) is 20.6. The molecule has 0 saturated carbocycles. The molecule has 0 aliphatic rings. The van der Waals surface area contributed by atoms with E-state index in [0.717, 1.165) is 38.9 Å². The smallest absolute Gasteiger partial charge is 0.251 e. The van der Waals surface area contributed by atoms with Crippen molar-refractivity contribution in [2.45, 2.75) is 5.54 Å².